The lowest BCUT2D eigenvalue weighted by Gasteiger charge is -2.37. The summed E-state index contributed by atoms with van der Waals surface area (Å²) < 4.78 is 25.2. The van der Waals surface area contributed by atoms with E-state index in [4.69, 9.17) is 21.1 Å². The lowest BCUT2D eigenvalue weighted by molar-refractivity contribution is 0.0721. The van der Waals surface area contributed by atoms with Gasteiger partial charge in [-0.3, -0.25) is 0 Å². The number of fused-ring (bicyclic) bond motifs is 3. The van der Waals surface area contributed by atoms with Crippen LogP contribution in [0.1, 0.15) is 6.42 Å². The van der Waals surface area contributed by atoms with Crippen molar-refractivity contribution in [1.82, 2.24) is 5.32 Å². The number of hydrogen-bond donors (Lipinski definition) is 1. The van der Waals surface area contributed by atoms with Crippen molar-refractivity contribution in [1.29, 1.82) is 0 Å². The van der Waals surface area contributed by atoms with Crippen molar-refractivity contribution >= 4 is 17.3 Å². The van der Waals surface area contributed by atoms with Gasteiger partial charge in [-0.2, -0.15) is 0 Å². The standard InChI is InChI=1S/C14H18ClFN2O2/c1-19-8-11-6-10-7-17-2-3-18(10)13-5-9(15)4-12(16)14(13)20-11/h4-5,10-11,17H,2-3,6-8H2,1H3/t10-,11+/m1/s1. The lowest BCUT2D eigenvalue weighted by Crippen LogP contribution is -2.52. The van der Waals surface area contributed by atoms with E-state index < -0.39 is 5.82 Å². The highest BCUT2D eigenvalue weighted by molar-refractivity contribution is 6.31. The van der Waals surface area contributed by atoms with Gasteiger partial charge in [0.1, 0.15) is 6.10 Å². The van der Waals surface area contributed by atoms with Crippen molar-refractivity contribution in [2.75, 3.05) is 38.3 Å². The maximum absolute atomic E-state index is 14.2. The fourth-order valence-electron chi connectivity index (χ4n) is 2.97. The van der Waals surface area contributed by atoms with Gasteiger partial charge in [-0.15, -0.1) is 0 Å². The van der Waals surface area contributed by atoms with Crippen molar-refractivity contribution < 1.29 is 13.9 Å². The topological polar surface area (TPSA) is 33.7 Å². The van der Waals surface area contributed by atoms with Crippen molar-refractivity contribution in [3.63, 3.8) is 0 Å². The van der Waals surface area contributed by atoms with Gasteiger partial charge in [-0.25, -0.2) is 4.39 Å². The van der Waals surface area contributed by atoms with Gasteiger partial charge in [0.05, 0.1) is 12.3 Å². The summed E-state index contributed by atoms with van der Waals surface area (Å²) in [7, 11) is 1.63. The zero-order valence-corrected chi connectivity index (χ0v) is 12.1. The molecule has 1 fully saturated rings. The molecule has 110 valence electrons. The van der Waals surface area contributed by atoms with E-state index >= 15 is 0 Å². The average Bonchev–Trinajstić information content (AvgIpc) is 2.57. The molecule has 0 radical (unpaired) electrons. The first-order valence-corrected chi connectivity index (χ1v) is 7.19. The van der Waals surface area contributed by atoms with E-state index in [9.17, 15) is 4.39 Å². The van der Waals surface area contributed by atoms with Gasteiger partial charge >= 0.3 is 0 Å². The number of anilines is 1. The molecule has 2 aliphatic rings. The zero-order valence-electron chi connectivity index (χ0n) is 11.4. The van der Waals surface area contributed by atoms with Crippen molar-refractivity contribution in [2.24, 2.45) is 0 Å². The minimum Gasteiger partial charge on any atom is -0.483 e. The third kappa shape index (κ3) is 2.57. The molecule has 6 heteroatoms. The Morgan fingerprint density at radius 3 is 3.20 bits per heavy atom. The van der Waals surface area contributed by atoms with Gasteiger partial charge < -0.3 is 19.7 Å². The summed E-state index contributed by atoms with van der Waals surface area (Å²) in [6.07, 6.45) is 0.649. The van der Waals surface area contributed by atoms with Crippen LogP contribution in [-0.4, -0.2) is 45.5 Å². The molecule has 1 saturated heterocycles. The summed E-state index contributed by atoms with van der Waals surface area (Å²) in [4.78, 5) is 2.19. The molecule has 2 aliphatic heterocycles. The van der Waals surface area contributed by atoms with Crippen LogP contribution in [0.15, 0.2) is 12.1 Å². The fraction of sp³-hybridized carbons (Fsp3) is 0.571. The number of nitrogens with one attached hydrogen (secondary N) is 1. The van der Waals surface area contributed by atoms with Crippen LogP contribution in [0.25, 0.3) is 0 Å². The van der Waals surface area contributed by atoms with E-state index in [0.29, 0.717) is 17.4 Å². The third-order valence-corrected chi connectivity index (χ3v) is 4.04. The molecule has 1 aromatic rings. The second kappa shape index (κ2) is 5.76. The van der Waals surface area contributed by atoms with Crippen LogP contribution in [0, 0.1) is 5.82 Å². The maximum atomic E-state index is 14.2. The monoisotopic (exact) mass is 300 g/mol. The summed E-state index contributed by atoms with van der Waals surface area (Å²) in [5.41, 5.74) is 0.750. The van der Waals surface area contributed by atoms with Crippen LogP contribution in [-0.2, 0) is 4.74 Å². The highest BCUT2D eigenvalue weighted by Gasteiger charge is 2.33. The first-order valence-electron chi connectivity index (χ1n) is 6.81. The molecule has 0 aromatic heterocycles. The molecule has 2 atom stereocenters. The number of piperazine rings is 1. The number of benzene rings is 1. The number of nitrogens with zero attached hydrogens (tertiary/aromatic N) is 1. The van der Waals surface area contributed by atoms with Crippen LogP contribution in [0.4, 0.5) is 10.1 Å². The van der Waals surface area contributed by atoms with E-state index in [1.165, 1.54) is 6.07 Å². The molecule has 0 bridgehead atoms. The summed E-state index contributed by atoms with van der Waals surface area (Å²) in [6, 6.07) is 3.35. The first kappa shape index (κ1) is 13.9. The summed E-state index contributed by atoms with van der Waals surface area (Å²) >= 11 is 6.00. The molecule has 1 aromatic carbocycles. The number of hydrogen-bond acceptors (Lipinski definition) is 4. The van der Waals surface area contributed by atoms with Crippen molar-refractivity contribution in [3.05, 3.63) is 23.0 Å². The number of methoxy groups -OCH3 is 1. The average molecular weight is 301 g/mol. The van der Waals surface area contributed by atoms with Gasteiger partial charge in [-0.1, -0.05) is 11.6 Å². The molecule has 2 heterocycles. The Morgan fingerprint density at radius 1 is 1.55 bits per heavy atom. The van der Waals surface area contributed by atoms with E-state index in [1.54, 1.807) is 13.2 Å². The molecular weight excluding hydrogens is 283 g/mol. The van der Waals surface area contributed by atoms with Gasteiger partial charge in [0, 0.05) is 44.2 Å². The van der Waals surface area contributed by atoms with Gasteiger partial charge in [0.25, 0.3) is 0 Å². The molecule has 0 unspecified atom stereocenters. The fourth-order valence-corrected chi connectivity index (χ4v) is 3.17. The van der Waals surface area contributed by atoms with E-state index in [0.717, 1.165) is 31.7 Å². The summed E-state index contributed by atoms with van der Waals surface area (Å²) in [5, 5.41) is 3.77. The molecule has 0 amide bonds. The second-order valence-electron chi connectivity index (χ2n) is 5.22. The Kier molecular flexibility index (Phi) is 4.01. The van der Waals surface area contributed by atoms with Crippen LogP contribution >= 0.6 is 11.6 Å². The highest BCUT2D eigenvalue weighted by atomic mass is 35.5. The van der Waals surface area contributed by atoms with Crippen LogP contribution in [0.2, 0.25) is 5.02 Å². The smallest absolute Gasteiger partial charge is 0.178 e. The Balaban J connectivity index is 2.02. The number of ether oxygens (including phenoxy) is 2. The Labute approximate surface area is 122 Å². The SMILES string of the molecule is COC[C@@H]1C[C@@H]2CNCCN2c2cc(Cl)cc(F)c2O1. The largest absolute Gasteiger partial charge is 0.483 e. The molecule has 0 aliphatic carbocycles. The maximum Gasteiger partial charge on any atom is 0.178 e. The van der Waals surface area contributed by atoms with Gasteiger partial charge in [0.2, 0.25) is 0 Å². The highest BCUT2D eigenvalue weighted by Crippen LogP contribution is 2.39. The van der Waals surface area contributed by atoms with Crippen molar-refractivity contribution in [2.45, 2.75) is 18.6 Å². The third-order valence-electron chi connectivity index (χ3n) is 3.82. The normalized spacial score (nSPS) is 25.4. The van der Waals surface area contributed by atoms with Crippen LogP contribution in [0.5, 0.6) is 5.75 Å². The molecule has 1 N–H and O–H groups in total. The predicted molar refractivity (Wildman–Crippen MR) is 76.3 cm³/mol. The Bertz CT molecular complexity index is 500. The Hall–Kier alpha value is -1.04. The summed E-state index contributed by atoms with van der Waals surface area (Å²) in [6.45, 7) is 3.00. The molecular formula is C14H18ClFN2O2. The van der Waals surface area contributed by atoms with Crippen molar-refractivity contribution in [3.8, 4) is 5.75 Å². The lowest BCUT2D eigenvalue weighted by atomic mass is 10.1. The van der Waals surface area contributed by atoms with E-state index in [2.05, 4.69) is 10.2 Å². The first-order chi connectivity index (χ1) is 9.69. The van der Waals surface area contributed by atoms with Crippen LogP contribution in [0.3, 0.4) is 0 Å². The number of halogens is 2. The molecule has 3 rings (SSSR count). The minimum absolute atomic E-state index is 0.149. The van der Waals surface area contributed by atoms with Crippen LogP contribution < -0.4 is 15.0 Å². The molecule has 0 saturated carbocycles. The second-order valence-corrected chi connectivity index (χ2v) is 5.65. The predicted octanol–water partition coefficient (Wildman–Crippen LogP) is 2.05. The summed E-state index contributed by atoms with van der Waals surface area (Å²) in [5.74, 6) is -0.117. The minimum atomic E-state index is -0.409. The number of rotatable bonds is 2. The van der Waals surface area contributed by atoms with E-state index in [-0.39, 0.29) is 12.1 Å². The molecule has 0 spiro atoms. The zero-order chi connectivity index (χ0) is 14.1. The molecule has 4 nitrogen and oxygen atoms in total. The Morgan fingerprint density at radius 2 is 2.40 bits per heavy atom. The quantitative estimate of drug-likeness (QED) is 0.906. The van der Waals surface area contributed by atoms with Gasteiger partial charge in [-0.05, 0) is 12.1 Å². The van der Waals surface area contributed by atoms with Gasteiger partial charge in [0.15, 0.2) is 11.6 Å². The molecule has 20 heavy (non-hydrogen) atoms. The van der Waals surface area contributed by atoms with E-state index in [1.807, 2.05) is 0 Å².